The summed E-state index contributed by atoms with van der Waals surface area (Å²) in [6, 6.07) is 16.6. The van der Waals surface area contributed by atoms with E-state index >= 15 is 0 Å². The fraction of sp³-hybridized carbons (Fsp3) is 0. The van der Waals surface area contributed by atoms with Crippen molar-refractivity contribution in [3.8, 4) is 28.4 Å². The summed E-state index contributed by atoms with van der Waals surface area (Å²) in [5, 5.41) is 26.9. The van der Waals surface area contributed by atoms with Gasteiger partial charge in [-0.3, -0.25) is 9.78 Å². The maximum atomic E-state index is 12.4. The summed E-state index contributed by atoms with van der Waals surface area (Å²) >= 11 is 0. The summed E-state index contributed by atoms with van der Waals surface area (Å²) in [5.41, 5.74) is 3.00. The fourth-order valence-corrected chi connectivity index (χ4v) is 2.87. The lowest BCUT2D eigenvalue weighted by atomic mass is 10.1. The predicted molar refractivity (Wildman–Crippen MR) is 105 cm³/mol. The number of rotatable bonds is 4. The quantitative estimate of drug-likeness (QED) is 0.508. The van der Waals surface area contributed by atoms with Crippen molar-refractivity contribution in [2.24, 2.45) is 0 Å². The smallest absolute Gasteiger partial charge is 0.255 e. The van der Waals surface area contributed by atoms with Crippen LogP contribution in [0.4, 0.5) is 5.69 Å². The number of nitrogens with zero attached hydrogens (tertiary/aromatic N) is 3. The van der Waals surface area contributed by atoms with Gasteiger partial charge >= 0.3 is 0 Å². The average molecular weight is 372 g/mol. The Bertz CT molecular complexity index is 1140. The SMILES string of the molecule is O=C(Nc1cccc(-n2nccc2-c2ccc(O)cc2O)c1)c1ccncc1. The fourth-order valence-electron chi connectivity index (χ4n) is 2.87. The Kier molecular flexibility index (Phi) is 4.47. The number of hydrogen-bond donors (Lipinski definition) is 3. The third-order valence-corrected chi connectivity index (χ3v) is 4.19. The topological polar surface area (TPSA) is 100 Å². The van der Waals surface area contributed by atoms with Gasteiger partial charge in [-0.15, -0.1) is 0 Å². The average Bonchev–Trinajstić information content (AvgIpc) is 3.18. The van der Waals surface area contributed by atoms with Crippen LogP contribution in [0.15, 0.2) is 79.3 Å². The molecule has 28 heavy (non-hydrogen) atoms. The van der Waals surface area contributed by atoms with Crippen molar-refractivity contribution in [2.75, 3.05) is 5.32 Å². The Morgan fingerprint density at radius 3 is 2.54 bits per heavy atom. The number of phenols is 2. The van der Waals surface area contributed by atoms with Crippen LogP contribution in [-0.2, 0) is 0 Å². The van der Waals surface area contributed by atoms with E-state index in [1.54, 1.807) is 65.7 Å². The Hall–Kier alpha value is -4.13. The highest BCUT2D eigenvalue weighted by Gasteiger charge is 2.13. The van der Waals surface area contributed by atoms with Gasteiger partial charge in [0.05, 0.1) is 17.6 Å². The lowest BCUT2D eigenvalue weighted by molar-refractivity contribution is 0.102. The standard InChI is InChI=1S/C21H16N4O3/c26-17-4-5-18(20(27)13-17)19-8-11-23-25(19)16-3-1-2-15(12-16)24-21(28)14-6-9-22-10-7-14/h1-13,26-27H,(H,24,28). The molecule has 0 saturated heterocycles. The second-order valence-corrected chi connectivity index (χ2v) is 6.07. The van der Waals surface area contributed by atoms with E-state index in [0.717, 1.165) is 0 Å². The molecule has 0 saturated carbocycles. The number of aromatic nitrogens is 3. The number of carbonyl (C=O) groups excluding carboxylic acids is 1. The molecule has 0 fully saturated rings. The van der Waals surface area contributed by atoms with Crippen LogP contribution in [0.5, 0.6) is 11.5 Å². The normalized spacial score (nSPS) is 10.6. The zero-order chi connectivity index (χ0) is 19.5. The highest BCUT2D eigenvalue weighted by molar-refractivity contribution is 6.04. The van der Waals surface area contributed by atoms with Gasteiger partial charge in [-0.1, -0.05) is 6.07 Å². The van der Waals surface area contributed by atoms with Crippen molar-refractivity contribution in [1.82, 2.24) is 14.8 Å². The molecule has 0 spiro atoms. The van der Waals surface area contributed by atoms with Crippen LogP contribution in [0, 0.1) is 0 Å². The zero-order valence-electron chi connectivity index (χ0n) is 14.6. The van der Waals surface area contributed by atoms with Crippen LogP contribution in [0.3, 0.4) is 0 Å². The summed E-state index contributed by atoms with van der Waals surface area (Å²) in [6.45, 7) is 0. The minimum atomic E-state index is -0.239. The number of nitrogens with one attached hydrogen (secondary N) is 1. The van der Waals surface area contributed by atoms with Crippen molar-refractivity contribution in [1.29, 1.82) is 0 Å². The molecule has 0 aliphatic carbocycles. The van der Waals surface area contributed by atoms with Gasteiger partial charge in [-0.2, -0.15) is 5.10 Å². The van der Waals surface area contributed by atoms with Gasteiger partial charge in [-0.05, 0) is 48.5 Å². The first kappa shape index (κ1) is 17.3. The van der Waals surface area contributed by atoms with Crippen molar-refractivity contribution in [3.05, 3.63) is 84.8 Å². The van der Waals surface area contributed by atoms with E-state index < -0.39 is 0 Å². The monoisotopic (exact) mass is 372 g/mol. The first-order valence-corrected chi connectivity index (χ1v) is 8.50. The number of aromatic hydroxyl groups is 2. The molecule has 7 heteroatoms. The predicted octanol–water partition coefficient (Wildman–Crippen LogP) is 3.60. The third kappa shape index (κ3) is 3.41. The summed E-state index contributed by atoms with van der Waals surface area (Å²) in [5.74, 6) is -0.312. The van der Waals surface area contributed by atoms with E-state index in [-0.39, 0.29) is 17.4 Å². The molecule has 4 aromatic rings. The number of pyridine rings is 1. The van der Waals surface area contributed by atoms with E-state index in [0.29, 0.717) is 28.2 Å². The van der Waals surface area contributed by atoms with E-state index in [1.165, 1.54) is 12.1 Å². The molecule has 0 aliphatic heterocycles. The van der Waals surface area contributed by atoms with Gasteiger partial charge < -0.3 is 15.5 Å². The Morgan fingerprint density at radius 1 is 0.929 bits per heavy atom. The summed E-state index contributed by atoms with van der Waals surface area (Å²) in [7, 11) is 0. The highest BCUT2D eigenvalue weighted by Crippen LogP contribution is 2.33. The summed E-state index contributed by atoms with van der Waals surface area (Å²) in [4.78, 5) is 16.3. The lowest BCUT2D eigenvalue weighted by Crippen LogP contribution is -2.12. The molecule has 138 valence electrons. The second-order valence-electron chi connectivity index (χ2n) is 6.07. The first-order valence-electron chi connectivity index (χ1n) is 8.50. The van der Waals surface area contributed by atoms with Gasteiger partial charge in [0.15, 0.2) is 0 Å². The van der Waals surface area contributed by atoms with E-state index in [1.807, 2.05) is 6.07 Å². The number of amides is 1. The van der Waals surface area contributed by atoms with Gasteiger partial charge in [0, 0.05) is 35.3 Å². The molecule has 0 atom stereocenters. The molecule has 1 amide bonds. The van der Waals surface area contributed by atoms with Crippen LogP contribution in [0.1, 0.15) is 10.4 Å². The Morgan fingerprint density at radius 2 is 1.75 bits per heavy atom. The molecule has 0 unspecified atom stereocenters. The third-order valence-electron chi connectivity index (χ3n) is 4.19. The van der Waals surface area contributed by atoms with Crippen LogP contribution in [-0.4, -0.2) is 30.9 Å². The molecule has 2 aromatic heterocycles. The molecule has 2 heterocycles. The van der Waals surface area contributed by atoms with Crippen LogP contribution >= 0.6 is 0 Å². The van der Waals surface area contributed by atoms with Crippen molar-refractivity contribution in [3.63, 3.8) is 0 Å². The minimum absolute atomic E-state index is 0.0202. The highest BCUT2D eigenvalue weighted by atomic mass is 16.3. The molecule has 4 rings (SSSR count). The van der Waals surface area contributed by atoms with Gasteiger partial charge in [0.1, 0.15) is 11.5 Å². The maximum absolute atomic E-state index is 12.4. The van der Waals surface area contributed by atoms with E-state index in [4.69, 9.17) is 0 Å². The zero-order valence-corrected chi connectivity index (χ0v) is 14.6. The summed E-state index contributed by atoms with van der Waals surface area (Å²) in [6.07, 6.45) is 4.74. The molecule has 2 aromatic carbocycles. The molecular formula is C21H16N4O3. The molecule has 0 aliphatic rings. The van der Waals surface area contributed by atoms with Gasteiger partial charge in [-0.25, -0.2) is 4.68 Å². The van der Waals surface area contributed by atoms with Crippen molar-refractivity contribution in [2.45, 2.75) is 0 Å². The number of benzene rings is 2. The molecule has 3 N–H and O–H groups in total. The maximum Gasteiger partial charge on any atom is 0.255 e. The van der Waals surface area contributed by atoms with E-state index in [2.05, 4.69) is 15.4 Å². The number of anilines is 1. The summed E-state index contributed by atoms with van der Waals surface area (Å²) < 4.78 is 1.65. The van der Waals surface area contributed by atoms with Crippen molar-refractivity contribution < 1.29 is 15.0 Å². The molecule has 0 bridgehead atoms. The Balaban J connectivity index is 1.66. The largest absolute Gasteiger partial charge is 0.508 e. The van der Waals surface area contributed by atoms with Gasteiger partial charge in [0.2, 0.25) is 0 Å². The van der Waals surface area contributed by atoms with Crippen LogP contribution < -0.4 is 5.32 Å². The first-order chi connectivity index (χ1) is 13.6. The molecule has 7 nitrogen and oxygen atoms in total. The Labute approximate surface area is 160 Å². The van der Waals surface area contributed by atoms with E-state index in [9.17, 15) is 15.0 Å². The number of hydrogen-bond acceptors (Lipinski definition) is 5. The van der Waals surface area contributed by atoms with Crippen LogP contribution in [0.25, 0.3) is 16.9 Å². The number of phenolic OH excluding ortho intramolecular Hbond substituents is 2. The van der Waals surface area contributed by atoms with Crippen LogP contribution in [0.2, 0.25) is 0 Å². The second kappa shape index (κ2) is 7.24. The van der Waals surface area contributed by atoms with Gasteiger partial charge in [0.25, 0.3) is 5.91 Å². The number of carbonyl (C=O) groups is 1. The van der Waals surface area contributed by atoms with Crippen molar-refractivity contribution >= 4 is 11.6 Å². The minimum Gasteiger partial charge on any atom is -0.508 e. The molecule has 0 radical (unpaired) electrons. The lowest BCUT2D eigenvalue weighted by Gasteiger charge is -2.11. The molecular weight excluding hydrogens is 356 g/mol.